The first kappa shape index (κ1) is 23.1. The van der Waals surface area contributed by atoms with Gasteiger partial charge in [0.2, 0.25) is 0 Å². The zero-order chi connectivity index (χ0) is 24.5. The van der Waals surface area contributed by atoms with Crippen LogP contribution in [0.15, 0.2) is 66.0 Å². The van der Waals surface area contributed by atoms with E-state index in [9.17, 15) is 18.4 Å². The maximum absolute atomic E-state index is 12.9. The van der Waals surface area contributed by atoms with Crippen LogP contribution in [-0.4, -0.2) is 35.8 Å². The predicted molar refractivity (Wildman–Crippen MR) is 121 cm³/mol. The summed E-state index contributed by atoms with van der Waals surface area (Å²) in [6.45, 7) is 0. The van der Waals surface area contributed by atoms with Crippen LogP contribution < -0.4 is 15.6 Å². The number of carbonyl (C=O) groups is 1. The normalized spacial score (nSPS) is 11.3. The molecule has 0 aliphatic heterocycles. The molecule has 0 fully saturated rings. The molecule has 3 aromatic heterocycles. The van der Waals surface area contributed by atoms with Crippen molar-refractivity contribution in [1.82, 2.24) is 24.3 Å². The van der Waals surface area contributed by atoms with Crippen molar-refractivity contribution < 1.29 is 18.3 Å². The van der Waals surface area contributed by atoms with E-state index in [0.29, 0.717) is 28.3 Å². The maximum atomic E-state index is 12.9. The Balaban J connectivity index is 1.67. The van der Waals surface area contributed by atoms with Gasteiger partial charge in [0.15, 0.2) is 0 Å². The number of aryl methyl sites for hydroxylation is 2. The lowest BCUT2D eigenvalue weighted by molar-refractivity contribution is -0.0964. The lowest BCUT2D eigenvalue weighted by Gasteiger charge is -2.13. The lowest BCUT2D eigenvalue weighted by atomic mass is 10.0. The van der Waals surface area contributed by atoms with Gasteiger partial charge in [-0.05, 0) is 36.4 Å². The van der Waals surface area contributed by atoms with E-state index in [1.807, 2.05) is 0 Å². The summed E-state index contributed by atoms with van der Waals surface area (Å²) in [5, 5.41) is 6.80. The summed E-state index contributed by atoms with van der Waals surface area (Å²) < 4.78 is 32.7. The first-order valence-electron chi connectivity index (χ1n) is 9.79. The van der Waals surface area contributed by atoms with Gasteiger partial charge in [-0.2, -0.15) is 5.10 Å². The fourth-order valence-corrected chi connectivity index (χ4v) is 3.24. The molecule has 4 aromatic rings. The van der Waals surface area contributed by atoms with Crippen LogP contribution in [-0.2, 0) is 14.1 Å². The van der Waals surface area contributed by atoms with E-state index in [-0.39, 0.29) is 16.9 Å². The smallest absolute Gasteiger partial charge is 0.420 e. The highest BCUT2D eigenvalue weighted by Gasteiger charge is 2.27. The van der Waals surface area contributed by atoms with Crippen molar-refractivity contribution in [2.24, 2.45) is 14.1 Å². The summed E-state index contributed by atoms with van der Waals surface area (Å²) in [5.41, 5.74) is -1.64. The Bertz CT molecular complexity index is 1410. The quantitative estimate of drug-likeness (QED) is 0.417. The Morgan fingerprint density at radius 1 is 1.12 bits per heavy atom. The Hall–Kier alpha value is -4.12. The highest BCUT2D eigenvalue weighted by atomic mass is 35.5. The molecule has 0 radical (unpaired) electrons. The van der Waals surface area contributed by atoms with Gasteiger partial charge in [0.25, 0.3) is 11.5 Å². The number of ether oxygens (including phenoxy) is 1. The summed E-state index contributed by atoms with van der Waals surface area (Å²) in [6, 6.07) is 9.92. The third-order valence-corrected chi connectivity index (χ3v) is 4.89. The summed E-state index contributed by atoms with van der Waals surface area (Å²) in [5.74, 6) is -0.676. The summed E-state index contributed by atoms with van der Waals surface area (Å²) >= 11 is 4.75. The molecule has 0 unspecified atom stereocenters. The third kappa shape index (κ3) is 5.09. The molecule has 0 bridgehead atoms. The highest BCUT2D eigenvalue weighted by Crippen LogP contribution is 2.30. The van der Waals surface area contributed by atoms with E-state index in [1.54, 1.807) is 37.1 Å². The standard InChI is InChI=1S/C22H17ClF2N6O3/c1-30-12-27-17(10-19(30)32)16-9-13(11-26-20(16)18-7-8-28-31(18)2)21(33)29-14-3-5-15(6-4-14)34-22(23,24)25/h3-12H,1-2H3,(H,29,33). The Morgan fingerprint density at radius 3 is 2.47 bits per heavy atom. The minimum atomic E-state index is -3.84. The van der Waals surface area contributed by atoms with E-state index < -0.39 is 11.5 Å². The van der Waals surface area contributed by atoms with Gasteiger partial charge in [-0.15, -0.1) is 8.78 Å². The Morgan fingerprint density at radius 2 is 1.85 bits per heavy atom. The average Bonchev–Trinajstić information content (AvgIpc) is 3.21. The van der Waals surface area contributed by atoms with E-state index in [2.05, 4.69) is 25.1 Å². The second-order valence-electron chi connectivity index (χ2n) is 7.21. The SMILES string of the molecule is Cn1nccc1-c1ncc(C(=O)Nc2ccc(OC(F)(F)Cl)cc2)cc1-c1cc(=O)n(C)cn1. The molecule has 1 amide bonds. The molecule has 1 aromatic carbocycles. The van der Waals surface area contributed by atoms with Crippen LogP contribution in [0.4, 0.5) is 14.5 Å². The van der Waals surface area contributed by atoms with Crippen LogP contribution in [0.25, 0.3) is 22.6 Å². The van der Waals surface area contributed by atoms with Gasteiger partial charge in [-0.25, -0.2) is 4.98 Å². The van der Waals surface area contributed by atoms with Crippen LogP contribution in [0, 0.1) is 0 Å². The zero-order valence-corrected chi connectivity index (χ0v) is 18.6. The Labute approximate surface area is 196 Å². The second kappa shape index (κ2) is 9.02. The number of amides is 1. The van der Waals surface area contributed by atoms with Gasteiger partial charge in [-0.1, -0.05) is 0 Å². The topological polar surface area (TPSA) is 104 Å². The molecule has 0 spiro atoms. The molecular formula is C22H17ClF2N6O3. The van der Waals surface area contributed by atoms with Gasteiger partial charge in [0.1, 0.15) is 5.75 Å². The van der Waals surface area contributed by atoms with Crippen LogP contribution in [0.2, 0.25) is 0 Å². The lowest BCUT2D eigenvalue weighted by Crippen LogP contribution is -2.17. The zero-order valence-electron chi connectivity index (χ0n) is 17.9. The highest BCUT2D eigenvalue weighted by molar-refractivity contribution is 6.20. The number of pyridine rings is 1. The van der Waals surface area contributed by atoms with Gasteiger partial charge in [0, 0.05) is 55.4 Å². The minimum Gasteiger partial charge on any atom is -0.420 e. The molecule has 0 saturated heterocycles. The first-order chi connectivity index (χ1) is 16.1. The van der Waals surface area contributed by atoms with Crippen LogP contribution in [0.5, 0.6) is 5.75 Å². The van der Waals surface area contributed by atoms with Gasteiger partial charge < -0.3 is 14.6 Å². The molecule has 9 nitrogen and oxygen atoms in total. The summed E-state index contributed by atoms with van der Waals surface area (Å²) in [7, 11) is 3.32. The predicted octanol–water partition coefficient (Wildman–Crippen LogP) is 3.66. The molecule has 174 valence electrons. The van der Waals surface area contributed by atoms with Gasteiger partial charge >= 0.3 is 5.57 Å². The number of alkyl halides is 3. The largest absolute Gasteiger partial charge is 0.487 e. The molecule has 0 saturated carbocycles. The van der Waals surface area contributed by atoms with Gasteiger partial charge in [0.05, 0.1) is 29.0 Å². The number of benzene rings is 1. The first-order valence-corrected chi connectivity index (χ1v) is 10.2. The van der Waals surface area contributed by atoms with Crippen molar-refractivity contribution in [1.29, 1.82) is 0 Å². The fourth-order valence-electron chi connectivity index (χ4n) is 3.15. The van der Waals surface area contributed by atoms with E-state index >= 15 is 0 Å². The van der Waals surface area contributed by atoms with Gasteiger partial charge in [-0.3, -0.25) is 19.3 Å². The van der Waals surface area contributed by atoms with Crippen molar-refractivity contribution in [3.8, 4) is 28.4 Å². The number of carbonyl (C=O) groups excluding carboxylic acids is 1. The number of halogens is 3. The summed E-state index contributed by atoms with van der Waals surface area (Å²) in [4.78, 5) is 33.8. The Kier molecular flexibility index (Phi) is 6.12. The third-order valence-electron chi connectivity index (χ3n) is 4.81. The molecule has 0 aliphatic carbocycles. The number of anilines is 1. The number of rotatable bonds is 6. The maximum Gasteiger partial charge on any atom is 0.487 e. The molecule has 0 aliphatic rings. The van der Waals surface area contributed by atoms with E-state index in [1.165, 1.54) is 47.4 Å². The van der Waals surface area contributed by atoms with Crippen molar-refractivity contribution in [2.75, 3.05) is 5.32 Å². The molecule has 4 rings (SSSR count). The van der Waals surface area contributed by atoms with Crippen LogP contribution in [0.1, 0.15) is 10.4 Å². The van der Waals surface area contributed by atoms with E-state index in [0.717, 1.165) is 0 Å². The molecule has 0 atom stereocenters. The van der Waals surface area contributed by atoms with E-state index in [4.69, 9.17) is 11.6 Å². The van der Waals surface area contributed by atoms with Crippen molar-refractivity contribution >= 4 is 23.2 Å². The van der Waals surface area contributed by atoms with Crippen LogP contribution >= 0.6 is 11.6 Å². The minimum absolute atomic E-state index is 0.167. The van der Waals surface area contributed by atoms with Crippen molar-refractivity contribution in [3.63, 3.8) is 0 Å². The molecular weight excluding hydrogens is 470 g/mol. The number of nitrogens with one attached hydrogen (secondary N) is 1. The van der Waals surface area contributed by atoms with Crippen molar-refractivity contribution in [2.45, 2.75) is 5.57 Å². The monoisotopic (exact) mass is 486 g/mol. The summed E-state index contributed by atoms with van der Waals surface area (Å²) in [6.07, 6.45) is 4.37. The molecule has 12 heteroatoms. The molecule has 1 N–H and O–H groups in total. The molecule has 3 heterocycles. The number of aromatic nitrogens is 5. The van der Waals surface area contributed by atoms with Crippen LogP contribution in [0.3, 0.4) is 0 Å². The second-order valence-corrected chi connectivity index (χ2v) is 7.65. The number of hydrogen-bond acceptors (Lipinski definition) is 6. The fraction of sp³-hybridized carbons (Fsp3) is 0.136. The number of hydrogen-bond donors (Lipinski definition) is 1. The molecule has 34 heavy (non-hydrogen) atoms. The number of nitrogens with zero attached hydrogens (tertiary/aromatic N) is 5. The average molecular weight is 487 g/mol. The van der Waals surface area contributed by atoms with Crippen molar-refractivity contribution in [3.05, 3.63) is 77.1 Å².